The highest BCUT2D eigenvalue weighted by Gasteiger charge is 2.29. The Bertz CT molecular complexity index is 1060. The van der Waals surface area contributed by atoms with Crippen molar-refractivity contribution in [3.8, 4) is 22.8 Å². The van der Waals surface area contributed by atoms with Gasteiger partial charge < -0.3 is 14.0 Å². The number of halogens is 1. The lowest BCUT2D eigenvalue weighted by molar-refractivity contribution is -0.133. The second-order valence-corrected chi connectivity index (χ2v) is 7.87. The molecule has 0 saturated carbocycles. The second-order valence-electron chi connectivity index (χ2n) is 7.43. The van der Waals surface area contributed by atoms with Gasteiger partial charge in [-0.05, 0) is 23.6 Å². The molecule has 0 aliphatic rings. The fourth-order valence-electron chi connectivity index (χ4n) is 2.91. The molecular formula is C21H20ClNO5. The fraction of sp³-hybridized carbons (Fsp3) is 0.286. The maximum Gasteiger partial charge on any atom is 0.308 e. The van der Waals surface area contributed by atoms with E-state index < -0.39 is 17.4 Å². The van der Waals surface area contributed by atoms with Crippen LogP contribution in [0.5, 0.6) is 11.5 Å². The molecule has 0 radical (unpaired) electrons. The Morgan fingerprint density at radius 2 is 1.64 bits per heavy atom. The van der Waals surface area contributed by atoms with Gasteiger partial charge in [0.25, 0.3) is 0 Å². The molecule has 146 valence electrons. The molecular weight excluding hydrogens is 382 g/mol. The number of hydrogen-bond acceptors (Lipinski definition) is 6. The monoisotopic (exact) mass is 401 g/mol. The van der Waals surface area contributed by atoms with Gasteiger partial charge in [0, 0.05) is 30.0 Å². The summed E-state index contributed by atoms with van der Waals surface area (Å²) in [5.41, 5.74) is 1.65. The molecule has 28 heavy (non-hydrogen) atoms. The van der Waals surface area contributed by atoms with E-state index in [0.717, 1.165) is 0 Å². The molecule has 1 heterocycles. The lowest BCUT2D eigenvalue weighted by Crippen LogP contribution is -2.16. The maximum absolute atomic E-state index is 11.7. The van der Waals surface area contributed by atoms with Crippen LogP contribution in [0.25, 0.3) is 22.2 Å². The van der Waals surface area contributed by atoms with Gasteiger partial charge >= 0.3 is 11.9 Å². The van der Waals surface area contributed by atoms with E-state index in [0.29, 0.717) is 27.2 Å². The van der Waals surface area contributed by atoms with E-state index in [1.165, 1.54) is 13.8 Å². The van der Waals surface area contributed by atoms with Gasteiger partial charge in [-0.15, -0.1) is 0 Å². The predicted octanol–water partition coefficient (Wildman–Crippen LogP) is 5.30. The Hall–Kier alpha value is -2.86. The van der Waals surface area contributed by atoms with Crippen molar-refractivity contribution in [3.63, 3.8) is 0 Å². The zero-order valence-electron chi connectivity index (χ0n) is 16.3. The van der Waals surface area contributed by atoms with Crippen LogP contribution in [0.4, 0.5) is 0 Å². The van der Waals surface area contributed by atoms with Crippen molar-refractivity contribution >= 4 is 34.5 Å². The number of rotatable bonds is 3. The standard InChI is InChI=1S/C21H20ClNO5/c1-11(24)26-16-10-15(21(3,4)5)19(27-12(2)25)20-17(16)18(23-28-20)13-6-8-14(22)9-7-13/h6-10H,1-5H3. The van der Waals surface area contributed by atoms with Crippen LogP contribution in [0, 0.1) is 0 Å². The summed E-state index contributed by atoms with van der Waals surface area (Å²) in [6.45, 7) is 8.49. The Balaban J connectivity index is 2.38. The summed E-state index contributed by atoms with van der Waals surface area (Å²) in [4.78, 5) is 23.4. The van der Waals surface area contributed by atoms with E-state index in [1.807, 2.05) is 20.8 Å². The molecule has 0 aliphatic heterocycles. The van der Waals surface area contributed by atoms with Crippen LogP contribution in [0.15, 0.2) is 34.9 Å². The Morgan fingerprint density at radius 1 is 1.04 bits per heavy atom. The molecule has 0 aliphatic carbocycles. The summed E-state index contributed by atoms with van der Waals surface area (Å²) in [7, 11) is 0. The molecule has 0 unspecified atom stereocenters. The number of ether oxygens (including phenoxy) is 2. The highest BCUT2D eigenvalue weighted by molar-refractivity contribution is 6.30. The van der Waals surface area contributed by atoms with Gasteiger partial charge in [-0.25, -0.2) is 0 Å². The lowest BCUT2D eigenvalue weighted by Gasteiger charge is -2.23. The first-order chi connectivity index (χ1) is 13.1. The molecule has 1 aromatic heterocycles. The van der Waals surface area contributed by atoms with Crippen LogP contribution in [0.1, 0.15) is 40.2 Å². The fourth-order valence-corrected chi connectivity index (χ4v) is 3.03. The number of nitrogens with zero attached hydrogens (tertiary/aromatic N) is 1. The third-order valence-corrected chi connectivity index (χ3v) is 4.34. The maximum atomic E-state index is 11.7. The Morgan fingerprint density at radius 3 is 2.18 bits per heavy atom. The van der Waals surface area contributed by atoms with Crippen molar-refractivity contribution in [2.45, 2.75) is 40.0 Å². The molecule has 7 heteroatoms. The second kappa shape index (κ2) is 7.28. The molecule has 0 atom stereocenters. The van der Waals surface area contributed by atoms with Gasteiger partial charge in [-0.2, -0.15) is 0 Å². The van der Waals surface area contributed by atoms with Crippen molar-refractivity contribution in [2.75, 3.05) is 0 Å². The van der Waals surface area contributed by atoms with Crippen LogP contribution in [-0.4, -0.2) is 17.1 Å². The van der Waals surface area contributed by atoms with E-state index in [2.05, 4.69) is 5.16 Å². The first kappa shape index (κ1) is 19.9. The summed E-state index contributed by atoms with van der Waals surface area (Å²) >= 11 is 5.97. The van der Waals surface area contributed by atoms with Gasteiger partial charge in [-0.3, -0.25) is 9.59 Å². The minimum absolute atomic E-state index is 0.240. The summed E-state index contributed by atoms with van der Waals surface area (Å²) in [5, 5.41) is 5.18. The van der Waals surface area contributed by atoms with Crippen LogP contribution >= 0.6 is 11.6 Å². The smallest absolute Gasteiger partial charge is 0.308 e. The number of benzene rings is 2. The van der Waals surface area contributed by atoms with Gasteiger partial charge in [0.15, 0.2) is 5.75 Å². The summed E-state index contributed by atoms with van der Waals surface area (Å²) in [6.07, 6.45) is 0. The molecule has 6 nitrogen and oxygen atoms in total. The van der Waals surface area contributed by atoms with Crippen LogP contribution in [-0.2, 0) is 15.0 Å². The zero-order chi connectivity index (χ0) is 20.6. The van der Waals surface area contributed by atoms with Crippen LogP contribution in [0.3, 0.4) is 0 Å². The Kier molecular flexibility index (Phi) is 5.17. The predicted molar refractivity (Wildman–Crippen MR) is 106 cm³/mol. The number of esters is 2. The highest BCUT2D eigenvalue weighted by Crippen LogP contribution is 2.46. The normalized spacial score (nSPS) is 11.5. The van der Waals surface area contributed by atoms with Crippen molar-refractivity contribution in [2.24, 2.45) is 0 Å². The quantitative estimate of drug-likeness (QED) is 0.438. The summed E-state index contributed by atoms with van der Waals surface area (Å²) < 4.78 is 16.5. The largest absolute Gasteiger partial charge is 0.426 e. The lowest BCUT2D eigenvalue weighted by atomic mass is 9.85. The van der Waals surface area contributed by atoms with Gasteiger partial charge in [0.05, 0.1) is 5.39 Å². The molecule has 2 aromatic carbocycles. The number of aromatic nitrogens is 1. The molecule has 0 amide bonds. The average molecular weight is 402 g/mol. The third-order valence-electron chi connectivity index (χ3n) is 4.09. The van der Waals surface area contributed by atoms with Crippen LogP contribution in [0.2, 0.25) is 5.02 Å². The third kappa shape index (κ3) is 3.87. The minimum atomic E-state index is -0.489. The average Bonchev–Trinajstić information content (AvgIpc) is 3.01. The Labute approximate surface area is 167 Å². The summed E-state index contributed by atoms with van der Waals surface area (Å²) in [6, 6.07) is 8.69. The molecule has 0 bridgehead atoms. The number of carbonyl (C=O) groups excluding carboxylic acids is 2. The van der Waals surface area contributed by atoms with Crippen molar-refractivity contribution in [1.82, 2.24) is 5.16 Å². The highest BCUT2D eigenvalue weighted by atomic mass is 35.5. The molecule has 3 rings (SSSR count). The first-order valence-electron chi connectivity index (χ1n) is 8.67. The first-order valence-corrected chi connectivity index (χ1v) is 9.05. The summed E-state index contributed by atoms with van der Waals surface area (Å²) in [5.74, 6) is -0.422. The molecule has 0 spiro atoms. The SMILES string of the molecule is CC(=O)Oc1c(C(C)(C)C)cc(OC(C)=O)c2c(-c3ccc(Cl)cc3)noc12. The minimum Gasteiger partial charge on any atom is -0.426 e. The van der Waals surface area contributed by atoms with Crippen molar-refractivity contribution in [3.05, 3.63) is 40.9 Å². The van der Waals surface area contributed by atoms with E-state index >= 15 is 0 Å². The van der Waals surface area contributed by atoms with Crippen LogP contribution < -0.4 is 9.47 Å². The van der Waals surface area contributed by atoms with E-state index in [9.17, 15) is 9.59 Å². The van der Waals surface area contributed by atoms with E-state index in [4.69, 9.17) is 25.6 Å². The number of fused-ring (bicyclic) bond motifs is 1. The topological polar surface area (TPSA) is 78.6 Å². The molecule has 0 N–H and O–H groups in total. The van der Waals surface area contributed by atoms with Gasteiger partial charge in [0.2, 0.25) is 5.58 Å². The van der Waals surface area contributed by atoms with Gasteiger partial charge in [0.1, 0.15) is 11.4 Å². The van der Waals surface area contributed by atoms with Crippen molar-refractivity contribution in [1.29, 1.82) is 0 Å². The van der Waals surface area contributed by atoms with E-state index in [1.54, 1.807) is 30.3 Å². The molecule has 0 fully saturated rings. The van der Waals surface area contributed by atoms with Crippen molar-refractivity contribution < 1.29 is 23.6 Å². The number of hydrogen-bond donors (Lipinski definition) is 0. The van der Waals surface area contributed by atoms with E-state index in [-0.39, 0.29) is 17.1 Å². The molecule has 3 aromatic rings. The van der Waals surface area contributed by atoms with Gasteiger partial charge in [-0.1, -0.05) is 49.7 Å². The molecule has 0 saturated heterocycles. The number of carbonyl (C=O) groups is 2. The zero-order valence-corrected chi connectivity index (χ0v) is 17.0.